The zero-order valence-corrected chi connectivity index (χ0v) is 30.1. The summed E-state index contributed by atoms with van der Waals surface area (Å²) in [6.45, 7) is 3.07. The van der Waals surface area contributed by atoms with E-state index in [1.54, 1.807) is 4.90 Å². The SMILES string of the molecule is CC1(C(=O)N2CC=C(c3nc4n(CC(=O)Nc5ccc(C(F)(F)F)cc5Cl)c5c(c(=O)n4n3)C3(CCN(C(=O)c4ncccc4O)CC3)OC5)CC2)COC1. The number of alkyl halides is 3. The van der Waals surface area contributed by atoms with Crippen LogP contribution in [-0.2, 0) is 44.0 Å². The molecule has 1 spiro atoms. The van der Waals surface area contributed by atoms with E-state index in [1.165, 1.54) is 27.8 Å². The number of nitrogens with zero attached hydrogens (tertiary/aromatic N) is 7. The molecular weight excluding hydrogens is 749 g/mol. The lowest BCUT2D eigenvalue weighted by Crippen LogP contribution is -2.54. The number of benzene rings is 1. The number of anilines is 1. The molecule has 1 aromatic carbocycles. The average molecular weight is 783 g/mol. The van der Waals surface area contributed by atoms with Gasteiger partial charge in [-0.1, -0.05) is 17.7 Å². The number of fused-ring (bicyclic) bond motifs is 3. The van der Waals surface area contributed by atoms with Crippen LogP contribution in [0.15, 0.2) is 47.4 Å². The van der Waals surface area contributed by atoms with Gasteiger partial charge in [-0.3, -0.25) is 19.2 Å². The third-order valence-electron chi connectivity index (χ3n) is 10.7. The number of ether oxygens (including phenoxy) is 2. The van der Waals surface area contributed by atoms with Gasteiger partial charge < -0.3 is 34.3 Å². The van der Waals surface area contributed by atoms with Crippen LogP contribution in [0.3, 0.4) is 0 Å². The number of carbonyl (C=O) groups excluding carboxylic acids is 3. The first-order valence-electron chi connectivity index (χ1n) is 17.5. The van der Waals surface area contributed by atoms with E-state index in [9.17, 15) is 37.5 Å². The number of pyridine rings is 1. The molecule has 4 aromatic rings. The van der Waals surface area contributed by atoms with Crippen molar-refractivity contribution in [3.05, 3.63) is 86.3 Å². The van der Waals surface area contributed by atoms with Crippen molar-refractivity contribution in [2.45, 2.75) is 51.1 Å². The van der Waals surface area contributed by atoms with Crippen molar-refractivity contribution in [1.29, 1.82) is 0 Å². The van der Waals surface area contributed by atoms with Crippen LogP contribution in [0.25, 0.3) is 11.4 Å². The minimum atomic E-state index is -4.63. The summed E-state index contributed by atoms with van der Waals surface area (Å²) in [6.07, 6.45) is -0.590. The zero-order chi connectivity index (χ0) is 38.9. The summed E-state index contributed by atoms with van der Waals surface area (Å²) in [5, 5.41) is 17.0. The number of halogens is 4. The molecule has 3 aromatic heterocycles. The second-order valence-electron chi connectivity index (χ2n) is 14.3. The summed E-state index contributed by atoms with van der Waals surface area (Å²) in [5.74, 6) is -1.15. The van der Waals surface area contributed by atoms with Crippen molar-refractivity contribution < 1.29 is 42.1 Å². The van der Waals surface area contributed by atoms with Crippen LogP contribution < -0.4 is 10.9 Å². The molecule has 19 heteroatoms. The van der Waals surface area contributed by atoms with Gasteiger partial charge in [-0.25, -0.2) is 4.98 Å². The second-order valence-corrected chi connectivity index (χ2v) is 14.7. The maximum Gasteiger partial charge on any atom is 0.416 e. The predicted octanol–water partition coefficient (Wildman–Crippen LogP) is 3.62. The number of nitrogens with one attached hydrogen (secondary N) is 1. The number of hydrogen-bond acceptors (Lipinski definition) is 10. The fraction of sp³-hybridized carbons (Fsp3) is 0.417. The van der Waals surface area contributed by atoms with Crippen LogP contribution in [-0.4, -0.2) is 96.2 Å². The van der Waals surface area contributed by atoms with E-state index in [-0.39, 0.29) is 77.8 Å². The van der Waals surface area contributed by atoms with Crippen molar-refractivity contribution >= 4 is 46.4 Å². The minimum absolute atomic E-state index is 0.0119. The molecule has 55 heavy (non-hydrogen) atoms. The number of rotatable bonds is 6. The van der Waals surface area contributed by atoms with Crippen LogP contribution in [0.1, 0.15) is 59.3 Å². The summed E-state index contributed by atoms with van der Waals surface area (Å²) < 4.78 is 54.0. The highest BCUT2D eigenvalue weighted by Gasteiger charge is 2.48. The van der Waals surface area contributed by atoms with Gasteiger partial charge in [-0.05, 0) is 62.1 Å². The Hall–Kier alpha value is -5.33. The van der Waals surface area contributed by atoms with Gasteiger partial charge in [-0.2, -0.15) is 22.7 Å². The molecule has 15 nitrogen and oxygen atoms in total. The number of piperidine rings is 1. The molecule has 4 aliphatic heterocycles. The second kappa shape index (κ2) is 13.5. The summed E-state index contributed by atoms with van der Waals surface area (Å²) in [5.41, 5.74) is -2.06. The normalized spacial score (nSPS) is 18.9. The number of aromatic nitrogens is 5. The van der Waals surface area contributed by atoms with Crippen molar-refractivity contribution in [2.24, 2.45) is 5.41 Å². The number of hydrogen-bond donors (Lipinski definition) is 2. The lowest BCUT2D eigenvalue weighted by Gasteiger charge is -2.41. The Labute approximate surface area is 315 Å². The quantitative estimate of drug-likeness (QED) is 0.294. The molecule has 288 valence electrons. The zero-order valence-electron chi connectivity index (χ0n) is 29.4. The van der Waals surface area contributed by atoms with E-state index in [0.717, 1.165) is 16.6 Å². The van der Waals surface area contributed by atoms with E-state index >= 15 is 0 Å². The van der Waals surface area contributed by atoms with E-state index in [4.69, 9.17) is 26.1 Å². The fourth-order valence-electron chi connectivity index (χ4n) is 7.56. The number of likely N-dealkylation sites (tertiary alicyclic amines) is 1. The molecule has 0 aliphatic carbocycles. The van der Waals surface area contributed by atoms with Gasteiger partial charge in [0.15, 0.2) is 11.5 Å². The van der Waals surface area contributed by atoms with E-state index in [0.29, 0.717) is 50.1 Å². The first-order valence-corrected chi connectivity index (χ1v) is 17.9. The van der Waals surface area contributed by atoms with Gasteiger partial charge in [0.25, 0.3) is 11.5 Å². The molecule has 4 aliphatic rings. The third kappa shape index (κ3) is 6.40. The molecule has 0 saturated carbocycles. The third-order valence-corrected chi connectivity index (χ3v) is 11.0. The highest BCUT2D eigenvalue weighted by Crippen LogP contribution is 2.43. The highest BCUT2D eigenvalue weighted by molar-refractivity contribution is 6.33. The monoisotopic (exact) mass is 782 g/mol. The molecule has 0 radical (unpaired) electrons. The molecule has 7 heterocycles. The molecule has 2 saturated heterocycles. The first-order chi connectivity index (χ1) is 26.2. The number of aromatic hydroxyl groups is 1. The maximum atomic E-state index is 14.4. The molecule has 8 rings (SSSR count). The standard InChI is InChI=1S/C36H34ClF3N8O7/c1-34(18-54-19-34)32(53)46-11-6-20(7-12-46)29-43-33-47(16-26(50)42-23-5-4-21(15-22(23)37)36(38,39)40)24-17-55-35(27(24)30(51)48(33)44-29)8-13-45(14-9-35)31(52)28-25(49)3-2-10-41-28/h2-6,10,15,49H,7-9,11-14,16-19H2,1H3,(H,42,50). The first kappa shape index (κ1) is 36.6. The van der Waals surface area contributed by atoms with Crippen LogP contribution in [0.2, 0.25) is 5.02 Å². The maximum absolute atomic E-state index is 14.4. The average Bonchev–Trinajstić information content (AvgIpc) is 3.76. The summed E-state index contributed by atoms with van der Waals surface area (Å²) >= 11 is 6.13. The molecular formula is C36H34ClF3N8O7. The van der Waals surface area contributed by atoms with Crippen LogP contribution in [0, 0.1) is 5.41 Å². The van der Waals surface area contributed by atoms with Crippen LogP contribution >= 0.6 is 11.6 Å². The van der Waals surface area contributed by atoms with Crippen molar-refractivity contribution in [3.63, 3.8) is 0 Å². The Bertz CT molecular complexity index is 2350. The van der Waals surface area contributed by atoms with E-state index < -0.39 is 46.7 Å². The largest absolute Gasteiger partial charge is 0.505 e. The Morgan fingerprint density at radius 3 is 2.49 bits per heavy atom. The van der Waals surface area contributed by atoms with E-state index in [1.807, 2.05) is 13.0 Å². The number of carbonyl (C=O) groups is 3. The van der Waals surface area contributed by atoms with Gasteiger partial charge in [0.1, 0.15) is 17.9 Å². The van der Waals surface area contributed by atoms with Gasteiger partial charge in [0.2, 0.25) is 17.6 Å². The summed E-state index contributed by atoms with van der Waals surface area (Å²) in [4.78, 5) is 66.3. The predicted molar refractivity (Wildman–Crippen MR) is 188 cm³/mol. The Kier molecular flexibility index (Phi) is 8.96. The molecule has 0 unspecified atom stereocenters. The van der Waals surface area contributed by atoms with Crippen molar-refractivity contribution in [1.82, 2.24) is 33.9 Å². The van der Waals surface area contributed by atoms with Gasteiger partial charge >= 0.3 is 6.18 Å². The lowest BCUT2D eigenvalue weighted by atomic mass is 9.85. The fourth-order valence-corrected chi connectivity index (χ4v) is 7.79. The van der Waals surface area contributed by atoms with Crippen LogP contribution in [0.5, 0.6) is 5.75 Å². The van der Waals surface area contributed by atoms with Crippen molar-refractivity contribution in [2.75, 3.05) is 44.7 Å². The molecule has 2 N–H and O–H groups in total. The molecule has 0 bridgehead atoms. The molecule has 3 amide bonds. The summed E-state index contributed by atoms with van der Waals surface area (Å²) in [7, 11) is 0. The topological polar surface area (TPSA) is 173 Å². The highest BCUT2D eigenvalue weighted by atomic mass is 35.5. The Balaban J connectivity index is 1.13. The Morgan fingerprint density at radius 1 is 1.09 bits per heavy atom. The van der Waals surface area contributed by atoms with Crippen molar-refractivity contribution in [3.8, 4) is 5.75 Å². The van der Waals surface area contributed by atoms with E-state index in [2.05, 4.69) is 15.4 Å². The number of amides is 3. The van der Waals surface area contributed by atoms with Gasteiger partial charge in [-0.15, -0.1) is 5.10 Å². The minimum Gasteiger partial charge on any atom is -0.505 e. The smallest absolute Gasteiger partial charge is 0.416 e. The van der Waals surface area contributed by atoms with Crippen LogP contribution in [0.4, 0.5) is 18.9 Å². The van der Waals surface area contributed by atoms with Gasteiger partial charge in [0.05, 0.1) is 52.8 Å². The Morgan fingerprint density at radius 2 is 1.85 bits per heavy atom. The summed E-state index contributed by atoms with van der Waals surface area (Å²) in [6, 6.07) is 5.45. The molecule has 2 fully saturated rings. The molecule has 0 atom stereocenters. The lowest BCUT2D eigenvalue weighted by molar-refractivity contribution is -0.168. The van der Waals surface area contributed by atoms with Gasteiger partial charge in [0, 0.05) is 32.4 Å².